The summed E-state index contributed by atoms with van der Waals surface area (Å²) in [4.78, 5) is 24.6. The van der Waals surface area contributed by atoms with Crippen molar-refractivity contribution in [1.82, 2.24) is 5.32 Å². The van der Waals surface area contributed by atoms with E-state index in [0.717, 1.165) is 25.5 Å². The number of rotatable bonds is 8. The second-order valence-corrected chi connectivity index (χ2v) is 10.9. The Morgan fingerprint density at radius 2 is 2.07 bits per heavy atom. The Bertz CT molecular complexity index is 768. The van der Waals surface area contributed by atoms with Gasteiger partial charge in [-0.1, -0.05) is 52.3 Å². The molecule has 0 aromatic heterocycles. The molecule has 0 aliphatic heterocycles. The number of carbonyl (C=O) groups is 2. The van der Waals surface area contributed by atoms with Crippen molar-refractivity contribution in [3.8, 4) is 0 Å². The van der Waals surface area contributed by atoms with Crippen molar-refractivity contribution in [3.63, 3.8) is 0 Å². The lowest BCUT2D eigenvalue weighted by Gasteiger charge is -2.41. The van der Waals surface area contributed by atoms with Crippen LogP contribution in [-0.2, 0) is 15.0 Å². The van der Waals surface area contributed by atoms with Crippen molar-refractivity contribution in [2.45, 2.75) is 71.8 Å². The molecule has 30 heavy (non-hydrogen) atoms. The number of carbonyl (C=O) groups excluding carboxylic acids is 2. The minimum Gasteiger partial charge on any atom is -0.354 e. The van der Waals surface area contributed by atoms with Gasteiger partial charge in [-0.15, -0.1) is 0 Å². The van der Waals surface area contributed by atoms with Crippen LogP contribution in [0.2, 0.25) is 5.02 Å². The van der Waals surface area contributed by atoms with E-state index in [4.69, 9.17) is 17.3 Å². The van der Waals surface area contributed by atoms with Crippen molar-refractivity contribution in [3.05, 3.63) is 34.6 Å². The molecular formula is C24H36ClFN2O2. The molecule has 0 heterocycles. The average molecular weight is 439 g/mol. The maximum Gasteiger partial charge on any atom is 0.237 e. The van der Waals surface area contributed by atoms with Gasteiger partial charge in [0.05, 0.1) is 6.04 Å². The summed E-state index contributed by atoms with van der Waals surface area (Å²) < 4.78 is 14.3. The van der Waals surface area contributed by atoms with E-state index in [0.29, 0.717) is 28.8 Å². The van der Waals surface area contributed by atoms with Gasteiger partial charge in [0.2, 0.25) is 5.91 Å². The summed E-state index contributed by atoms with van der Waals surface area (Å²) in [5.41, 5.74) is 5.79. The Morgan fingerprint density at radius 3 is 2.63 bits per heavy atom. The molecule has 1 aliphatic rings. The lowest BCUT2D eigenvalue weighted by atomic mass is 9.64. The zero-order chi connectivity index (χ0) is 22.7. The standard InChI is InChI=1S/C24H36ClFN2O2/c1-15(2)8-16-9-17(12-24(5,11-16)14-29)21(27)22(30)28-13-23(3,4)19-7-6-18(25)10-20(19)26/h6-7,10,14-17,21H,8-9,11-13,27H2,1-5H3,(H,28,30). The van der Waals surface area contributed by atoms with E-state index in [9.17, 15) is 14.0 Å². The van der Waals surface area contributed by atoms with E-state index in [2.05, 4.69) is 19.2 Å². The van der Waals surface area contributed by atoms with E-state index in [-0.39, 0.29) is 18.4 Å². The monoisotopic (exact) mass is 438 g/mol. The maximum atomic E-state index is 14.3. The molecule has 1 aromatic rings. The average Bonchev–Trinajstić information content (AvgIpc) is 2.64. The Kier molecular flexibility index (Phi) is 8.09. The molecule has 1 aromatic carbocycles. The molecule has 1 amide bonds. The minimum atomic E-state index is -0.690. The van der Waals surface area contributed by atoms with Gasteiger partial charge in [0.25, 0.3) is 0 Å². The van der Waals surface area contributed by atoms with E-state index in [1.54, 1.807) is 12.1 Å². The normalized spacial score (nSPS) is 25.8. The smallest absolute Gasteiger partial charge is 0.237 e. The highest BCUT2D eigenvalue weighted by molar-refractivity contribution is 6.30. The highest BCUT2D eigenvalue weighted by atomic mass is 35.5. The molecule has 4 atom stereocenters. The Balaban J connectivity index is 2.05. The molecule has 1 aliphatic carbocycles. The summed E-state index contributed by atoms with van der Waals surface area (Å²) in [7, 11) is 0. The van der Waals surface area contributed by atoms with Crippen molar-refractivity contribution in [2.75, 3.05) is 6.54 Å². The topological polar surface area (TPSA) is 72.2 Å². The SMILES string of the molecule is CC(C)CC1CC(C(N)C(=O)NCC(C)(C)c2ccc(Cl)cc2F)CC(C)(C=O)C1. The summed E-state index contributed by atoms with van der Waals surface area (Å²) in [5.74, 6) is 0.229. The number of halogens is 2. The van der Waals surface area contributed by atoms with Crippen molar-refractivity contribution in [2.24, 2.45) is 28.9 Å². The van der Waals surface area contributed by atoms with Crippen LogP contribution in [-0.4, -0.2) is 24.8 Å². The third-order valence-electron chi connectivity index (χ3n) is 6.38. The van der Waals surface area contributed by atoms with Crippen LogP contribution in [0.3, 0.4) is 0 Å². The van der Waals surface area contributed by atoms with Gasteiger partial charge < -0.3 is 15.8 Å². The largest absolute Gasteiger partial charge is 0.354 e. The fourth-order valence-electron chi connectivity index (χ4n) is 4.93. The summed E-state index contributed by atoms with van der Waals surface area (Å²) in [5, 5.41) is 3.25. The number of benzene rings is 1. The van der Waals surface area contributed by atoms with Crippen LogP contribution in [0, 0.1) is 29.0 Å². The first kappa shape index (κ1) is 24.8. The molecule has 2 rings (SSSR count). The van der Waals surface area contributed by atoms with Crippen molar-refractivity contribution < 1.29 is 14.0 Å². The Morgan fingerprint density at radius 1 is 1.40 bits per heavy atom. The van der Waals surface area contributed by atoms with Gasteiger partial charge in [-0.05, 0) is 61.1 Å². The first-order valence-electron chi connectivity index (χ1n) is 10.8. The van der Waals surface area contributed by atoms with Crippen LogP contribution in [0.5, 0.6) is 0 Å². The molecule has 0 spiro atoms. The van der Waals surface area contributed by atoms with E-state index >= 15 is 0 Å². The fourth-order valence-corrected chi connectivity index (χ4v) is 5.08. The van der Waals surface area contributed by atoms with E-state index in [1.165, 1.54) is 6.07 Å². The predicted molar refractivity (Wildman–Crippen MR) is 120 cm³/mol. The lowest BCUT2D eigenvalue weighted by molar-refractivity contribution is -0.127. The molecule has 1 fully saturated rings. The fraction of sp³-hybridized carbons (Fsp3) is 0.667. The van der Waals surface area contributed by atoms with Crippen LogP contribution in [0.1, 0.15) is 65.9 Å². The number of nitrogens with two attached hydrogens (primary N) is 1. The van der Waals surface area contributed by atoms with Gasteiger partial charge in [-0.3, -0.25) is 4.79 Å². The van der Waals surface area contributed by atoms with Crippen molar-refractivity contribution in [1.29, 1.82) is 0 Å². The highest BCUT2D eigenvalue weighted by Crippen LogP contribution is 2.44. The van der Waals surface area contributed by atoms with Gasteiger partial charge in [0.15, 0.2) is 0 Å². The zero-order valence-corrected chi connectivity index (χ0v) is 19.6. The molecule has 0 saturated heterocycles. The van der Waals surface area contributed by atoms with Gasteiger partial charge in [-0.25, -0.2) is 4.39 Å². The summed E-state index contributed by atoms with van der Waals surface area (Å²) in [6, 6.07) is 3.89. The second-order valence-electron chi connectivity index (χ2n) is 10.4. The summed E-state index contributed by atoms with van der Waals surface area (Å²) in [6.07, 6.45) is 4.38. The molecule has 168 valence electrons. The number of hydrogen-bond donors (Lipinski definition) is 2. The van der Waals surface area contributed by atoms with Crippen LogP contribution in [0.15, 0.2) is 18.2 Å². The quantitative estimate of drug-likeness (QED) is 0.569. The lowest BCUT2D eigenvalue weighted by Crippen LogP contribution is -2.51. The van der Waals surface area contributed by atoms with E-state index < -0.39 is 22.7 Å². The zero-order valence-electron chi connectivity index (χ0n) is 18.8. The van der Waals surface area contributed by atoms with Crippen molar-refractivity contribution >= 4 is 23.8 Å². The molecule has 4 nitrogen and oxygen atoms in total. The highest BCUT2D eigenvalue weighted by Gasteiger charge is 2.41. The number of amides is 1. The van der Waals surface area contributed by atoms with Gasteiger partial charge in [0, 0.05) is 22.4 Å². The number of nitrogens with one attached hydrogen (secondary N) is 1. The first-order valence-corrected chi connectivity index (χ1v) is 11.2. The van der Waals surface area contributed by atoms with Gasteiger partial charge >= 0.3 is 0 Å². The molecule has 1 saturated carbocycles. The second kappa shape index (κ2) is 9.78. The molecule has 0 bridgehead atoms. The third kappa shape index (κ3) is 6.27. The summed E-state index contributed by atoms with van der Waals surface area (Å²) in [6.45, 7) is 10.3. The maximum absolute atomic E-state index is 14.3. The van der Waals surface area contributed by atoms with Crippen LogP contribution < -0.4 is 11.1 Å². The predicted octanol–water partition coefficient (Wildman–Crippen LogP) is 4.87. The Hall–Kier alpha value is -1.46. The first-order chi connectivity index (χ1) is 13.9. The van der Waals surface area contributed by atoms with Gasteiger partial charge in [-0.2, -0.15) is 0 Å². The van der Waals surface area contributed by atoms with Crippen LogP contribution in [0.4, 0.5) is 4.39 Å². The molecule has 6 heteroatoms. The Labute approximate surface area is 185 Å². The third-order valence-corrected chi connectivity index (χ3v) is 6.62. The molecule has 0 radical (unpaired) electrons. The molecule has 3 N–H and O–H groups in total. The van der Waals surface area contributed by atoms with Gasteiger partial charge in [0.1, 0.15) is 12.1 Å². The molecule has 4 unspecified atom stereocenters. The van der Waals surface area contributed by atoms with Crippen LogP contribution >= 0.6 is 11.6 Å². The number of hydrogen-bond acceptors (Lipinski definition) is 3. The van der Waals surface area contributed by atoms with E-state index in [1.807, 2.05) is 20.8 Å². The van der Waals surface area contributed by atoms with Crippen LogP contribution in [0.25, 0.3) is 0 Å². The minimum absolute atomic E-state index is 0.0481. The summed E-state index contributed by atoms with van der Waals surface area (Å²) >= 11 is 5.85. The molecular weight excluding hydrogens is 403 g/mol. The number of aldehydes is 1.